The van der Waals surface area contributed by atoms with Gasteiger partial charge in [-0.25, -0.2) is 4.98 Å². The minimum absolute atomic E-state index is 0.500. The molecule has 2 heterocycles. The van der Waals surface area contributed by atoms with Gasteiger partial charge in [0.1, 0.15) is 0 Å². The van der Waals surface area contributed by atoms with Gasteiger partial charge in [0.05, 0.1) is 11.0 Å². The maximum absolute atomic E-state index is 5.21. The minimum Gasteiger partial charge on any atom is -0.335 e. The van der Waals surface area contributed by atoms with E-state index in [1.807, 2.05) is 0 Å². The molecule has 0 N–H and O–H groups in total. The van der Waals surface area contributed by atoms with Crippen molar-refractivity contribution in [2.75, 3.05) is 24.5 Å². The van der Waals surface area contributed by atoms with Gasteiger partial charge in [0.15, 0.2) is 0 Å². The van der Waals surface area contributed by atoms with Gasteiger partial charge in [0, 0.05) is 38.8 Å². The Bertz CT molecular complexity index is 1180. The first-order valence-corrected chi connectivity index (χ1v) is 13.3. The molecule has 3 aromatic carbocycles. The van der Waals surface area contributed by atoms with Crippen LogP contribution in [-0.2, 0) is 19.5 Å². The van der Waals surface area contributed by atoms with E-state index < -0.39 is 0 Å². The van der Waals surface area contributed by atoms with Crippen LogP contribution in [0.3, 0.4) is 0 Å². The molecule has 182 valence electrons. The molecular formula is C31H38N4. The van der Waals surface area contributed by atoms with Crippen molar-refractivity contribution in [1.82, 2.24) is 14.5 Å². The molecule has 0 amide bonds. The van der Waals surface area contributed by atoms with Crippen molar-refractivity contribution in [2.45, 2.75) is 58.2 Å². The number of anilines is 1. The lowest BCUT2D eigenvalue weighted by Gasteiger charge is -2.39. The fourth-order valence-electron chi connectivity index (χ4n) is 5.35. The van der Waals surface area contributed by atoms with Crippen molar-refractivity contribution >= 4 is 17.0 Å². The number of para-hydroxylation sites is 2. The van der Waals surface area contributed by atoms with Crippen LogP contribution in [0.1, 0.15) is 43.7 Å². The molecule has 1 saturated heterocycles. The minimum atomic E-state index is 0.500. The fraction of sp³-hybridized carbons (Fsp3) is 0.387. The summed E-state index contributed by atoms with van der Waals surface area (Å²) in [5, 5.41) is 0. The van der Waals surface area contributed by atoms with Crippen LogP contribution < -0.4 is 4.90 Å². The first kappa shape index (κ1) is 23.6. The Labute approximate surface area is 210 Å². The Hall–Kier alpha value is -3.11. The molecule has 4 aromatic rings. The average Bonchev–Trinajstić information content (AvgIpc) is 3.29. The van der Waals surface area contributed by atoms with Gasteiger partial charge >= 0.3 is 0 Å². The lowest BCUT2D eigenvalue weighted by molar-refractivity contribution is 0.209. The number of piperidine rings is 1. The van der Waals surface area contributed by atoms with E-state index in [1.54, 1.807) is 0 Å². The van der Waals surface area contributed by atoms with E-state index in [1.165, 1.54) is 42.3 Å². The predicted molar refractivity (Wildman–Crippen MR) is 147 cm³/mol. The number of rotatable bonds is 10. The maximum Gasteiger partial charge on any atom is 0.207 e. The van der Waals surface area contributed by atoms with Gasteiger partial charge in [-0.05, 0) is 48.9 Å². The quantitative estimate of drug-likeness (QED) is 0.265. The van der Waals surface area contributed by atoms with E-state index in [0.29, 0.717) is 6.04 Å². The van der Waals surface area contributed by atoms with Gasteiger partial charge in [-0.2, -0.15) is 0 Å². The molecule has 0 radical (unpaired) electrons. The number of unbranched alkanes of at least 4 members (excludes halogenated alkanes) is 1. The second-order valence-electron chi connectivity index (χ2n) is 9.83. The number of aromatic nitrogens is 2. The summed E-state index contributed by atoms with van der Waals surface area (Å²) in [4.78, 5) is 10.5. The zero-order valence-corrected chi connectivity index (χ0v) is 21.0. The summed E-state index contributed by atoms with van der Waals surface area (Å²) in [6.45, 7) is 7.64. The van der Waals surface area contributed by atoms with Crippen LogP contribution in [-0.4, -0.2) is 40.1 Å². The summed E-state index contributed by atoms with van der Waals surface area (Å²) < 4.78 is 2.48. The van der Waals surface area contributed by atoms with Crippen LogP contribution in [0, 0.1) is 0 Å². The lowest BCUT2D eigenvalue weighted by atomic mass is 10.0. The smallest absolute Gasteiger partial charge is 0.207 e. The molecule has 0 unspecified atom stereocenters. The molecule has 4 nitrogen and oxygen atoms in total. The molecular weight excluding hydrogens is 428 g/mol. The SMILES string of the molecule is CCCCn1c(N(Cc2ccccc2)C2CCN(CCc3ccccc3)CC2)nc2ccccc21. The largest absolute Gasteiger partial charge is 0.335 e. The number of likely N-dealkylation sites (tertiary alicyclic amines) is 1. The normalized spacial score (nSPS) is 15.0. The van der Waals surface area contributed by atoms with Crippen LogP contribution in [0.15, 0.2) is 84.9 Å². The highest BCUT2D eigenvalue weighted by Crippen LogP contribution is 2.29. The molecule has 5 rings (SSSR count). The fourth-order valence-corrected chi connectivity index (χ4v) is 5.35. The number of hydrogen-bond donors (Lipinski definition) is 0. The number of aryl methyl sites for hydroxylation is 1. The molecule has 0 saturated carbocycles. The van der Waals surface area contributed by atoms with E-state index in [0.717, 1.165) is 50.6 Å². The third-order valence-corrected chi connectivity index (χ3v) is 7.38. The molecule has 0 aliphatic carbocycles. The van der Waals surface area contributed by atoms with E-state index >= 15 is 0 Å². The first-order chi connectivity index (χ1) is 17.3. The molecule has 35 heavy (non-hydrogen) atoms. The van der Waals surface area contributed by atoms with Gasteiger partial charge in [-0.15, -0.1) is 0 Å². The molecule has 1 aliphatic heterocycles. The van der Waals surface area contributed by atoms with Crippen molar-refractivity contribution in [3.63, 3.8) is 0 Å². The number of imidazole rings is 1. The molecule has 0 spiro atoms. The van der Waals surface area contributed by atoms with Crippen LogP contribution in [0.25, 0.3) is 11.0 Å². The summed E-state index contributed by atoms with van der Waals surface area (Å²) in [7, 11) is 0. The standard InChI is InChI=1S/C31H38N4/c1-2-3-21-34-30-17-11-10-16-29(30)32-31(34)35(25-27-14-8-5-9-15-27)28-19-23-33(24-20-28)22-18-26-12-6-4-7-13-26/h4-17,28H,2-3,18-25H2,1H3. The Morgan fingerprint density at radius 1 is 0.800 bits per heavy atom. The molecule has 1 fully saturated rings. The Morgan fingerprint density at radius 3 is 2.17 bits per heavy atom. The van der Waals surface area contributed by atoms with E-state index in [-0.39, 0.29) is 0 Å². The average molecular weight is 467 g/mol. The van der Waals surface area contributed by atoms with Crippen molar-refractivity contribution in [3.05, 3.63) is 96.1 Å². The van der Waals surface area contributed by atoms with Crippen LogP contribution >= 0.6 is 0 Å². The summed E-state index contributed by atoms with van der Waals surface area (Å²) >= 11 is 0. The summed E-state index contributed by atoms with van der Waals surface area (Å²) in [6.07, 6.45) is 5.85. The van der Waals surface area contributed by atoms with E-state index in [4.69, 9.17) is 4.98 Å². The third-order valence-electron chi connectivity index (χ3n) is 7.38. The number of hydrogen-bond acceptors (Lipinski definition) is 3. The molecule has 1 aromatic heterocycles. The van der Waals surface area contributed by atoms with Gasteiger partial charge in [-0.3, -0.25) is 0 Å². The van der Waals surface area contributed by atoms with E-state index in [2.05, 4.69) is 106 Å². The van der Waals surface area contributed by atoms with Crippen LogP contribution in [0.5, 0.6) is 0 Å². The number of benzene rings is 3. The van der Waals surface area contributed by atoms with Gasteiger partial charge < -0.3 is 14.4 Å². The Kier molecular flexibility index (Phi) is 7.79. The highest BCUT2D eigenvalue weighted by Gasteiger charge is 2.28. The second-order valence-corrected chi connectivity index (χ2v) is 9.83. The zero-order valence-electron chi connectivity index (χ0n) is 21.0. The summed E-state index contributed by atoms with van der Waals surface area (Å²) in [5.74, 6) is 1.14. The molecule has 1 aliphatic rings. The van der Waals surface area contributed by atoms with E-state index in [9.17, 15) is 0 Å². The topological polar surface area (TPSA) is 24.3 Å². The monoisotopic (exact) mass is 466 g/mol. The second kappa shape index (κ2) is 11.5. The third kappa shape index (κ3) is 5.76. The van der Waals surface area contributed by atoms with Gasteiger partial charge in [0.2, 0.25) is 5.95 Å². The van der Waals surface area contributed by atoms with Crippen molar-refractivity contribution in [1.29, 1.82) is 0 Å². The van der Waals surface area contributed by atoms with Crippen molar-refractivity contribution < 1.29 is 0 Å². The maximum atomic E-state index is 5.21. The predicted octanol–water partition coefficient (Wildman–Crippen LogP) is 6.55. The molecule has 4 heteroatoms. The van der Waals surface area contributed by atoms with Crippen molar-refractivity contribution in [3.8, 4) is 0 Å². The summed E-state index contributed by atoms with van der Waals surface area (Å²) in [5.41, 5.74) is 5.16. The summed E-state index contributed by atoms with van der Waals surface area (Å²) in [6, 6.07) is 30.9. The number of nitrogens with zero attached hydrogens (tertiary/aromatic N) is 4. The Morgan fingerprint density at radius 2 is 1.46 bits per heavy atom. The highest BCUT2D eigenvalue weighted by atomic mass is 15.3. The lowest BCUT2D eigenvalue weighted by Crippen LogP contribution is -2.46. The van der Waals surface area contributed by atoms with Crippen LogP contribution in [0.4, 0.5) is 5.95 Å². The highest BCUT2D eigenvalue weighted by molar-refractivity contribution is 5.79. The van der Waals surface area contributed by atoms with Crippen LogP contribution in [0.2, 0.25) is 0 Å². The van der Waals surface area contributed by atoms with Gasteiger partial charge in [-0.1, -0.05) is 86.1 Å². The van der Waals surface area contributed by atoms with Crippen molar-refractivity contribution in [2.24, 2.45) is 0 Å². The zero-order chi connectivity index (χ0) is 23.9. The first-order valence-electron chi connectivity index (χ1n) is 13.3. The molecule has 0 atom stereocenters. The Balaban J connectivity index is 1.37. The number of fused-ring (bicyclic) bond motifs is 1. The molecule has 0 bridgehead atoms. The van der Waals surface area contributed by atoms with Gasteiger partial charge in [0.25, 0.3) is 0 Å².